The van der Waals surface area contributed by atoms with Crippen molar-refractivity contribution in [1.82, 2.24) is 9.80 Å². The van der Waals surface area contributed by atoms with Gasteiger partial charge in [0.05, 0.1) is 31.9 Å². The summed E-state index contributed by atoms with van der Waals surface area (Å²) in [5, 5.41) is 0. The molecule has 2 amide bonds. The Morgan fingerprint density at radius 2 is 1.50 bits per heavy atom. The van der Waals surface area contributed by atoms with Crippen LogP contribution >= 0.6 is 0 Å². The lowest BCUT2D eigenvalue weighted by atomic mass is 9.79. The minimum atomic E-state index is -0.491. The standard InChI is InChI=1S/C29H31N3O4/c1-30-27(20-12-14-21(35-2)15-13-20)26(22-8-4-5-9-23(22)28(30)33)29(34)32-18-16-31(17-19-32)24-10-6-7-11-25(24)36-3/h4-15,26-27H,16-19H2,1-3H3. The second kappa shape index (κ2) is 9.93. The number of amides is 2. The number of piperazine rings is 1. The van der Waals surface area contributed by atoms with Gasteiger partial charge in [-0.15, -0.1) is 0 Å². The molecule has 1 saturated heterocycles. The van der Waals surface area contributed by atoms with E-state index in [0.717, 1.165) is 28.3 Å². The lowest BCUT2D eigenvalue weighted by Gasteiger charge is -2.43. The first-order valence-corrected chi connectivity index (χ1v) is 12.2. The highest BCUT2D eigenvalue weighted by atomic mass is 16.5. The molecule has 186 valence electrons. The van der Waals surface area contributed by atoms with E-state index in [1.807, 2.05) is 77.7 Å². The SMILES string of the molecule is COc1ccc(C2C(C(=O)N3CCN(c4ccccc4OC)CC3)c3ccccc3C(=O)N2C)cc1. The molecular weight excluding hydrogens is 454 g/mol. The normalized spacial score (nSPS) is 19.6. The van der Waals surface area contributed by atoms with E-state index in [4.69, 9.17) is 9.47 Å². The Balaban J connectivity index is 1.45. The summed E-state index contributed by atoms with van der Waals surface area (Å²) < 4.78 is 10.9. The summed E-state index contributed by atoms with van der Waals surface area (Å²) in [7, 11) is 5.09. The summed E-state index contributed by atoms with van der Waals surface area (Å²) in [6, 6.07) is 22.7. The van der Waals surface area contributed by atoms with E-state index >= 15 is 0 Å². The van der Waals surface area contributed by atoms with Crippen molar-refractivity contribution in [3.05, 3.63) is 89.5 Å². The van der Waals surface area contributed by atoms with Crippen molar-refractivity contribution in [2.75, 3.05) is 52.3 Å². The molecule has 7 nitrogen and oxygen atoms in total. The quantitative estimate of drug-likeness (QED) is 0.548. The van der Waals surface area contributed by atoms with Crippen molar-refractivity contribution in [3.8, 4) is 11.5 Å². The average Bonchev–Trinajstić information content (AvgIpc) is 2.94. The summed E-state index contributed by atoms with van der Waals surface area (Å²) in [5.41, 5.74) is 3.33. The van der Waals surface area contributed by atoms with Crippen LogP contribution in [0.3, 0.4) is 0 Å². The molecule has 0 aliphatic carbocycles. The first kappa shape index (κ1) is 23.7. The Kier molecular flexibility index (Phi) is 6.55. The molecule has 0 aromatic heterocycles. The van der Waals surface area contributed by atoms with Crippen molar-refractivity contribution < 1.29 is 19.1 Å². The molecule has 0 bridgehead atoms. The number of anilines is 1. The first-order valence-electron chi connectivity index (χ1n) is 12.2. The van der Waals surface area contributed by atoms with E-state index in [1.165, 1.54) is 0 Å². The predicted molar refractivity (Wildman–Crippen MR) is 139 cm³/mol. The third-order valence-electron chi connectivity index (χ3n) is 7.32. The molecule has 0 N–H and O–H groups in total. The largest absolute Gasteiger partial charge is 0.497 e. The van der Waals surface area contributed by atoms with Crippen LogP contribution in [-0.4, -0.2) is 69.1 Å². The van der Waals surface area contributed by atoms with E-state index in [-0.39, 0.29) is 11.8 Å². The Morgan fingerprint density at radius 3 is 2.19 bits per heavy atom. The molecule has 2 aliphatic rings. The Hall–Kier alpha value is -4.00. The van der Waals surface area contributed by atoms with Gasteiger partial charge in [0.2, 0.25) is 5.91 Å². The Morgan fingerprint density at radius 1 is 0.833 bits per heavy atom. The summed E-state index contributed by atoms with van der Waals surface area (Å²) in [4.78, 5) is 33.3. The number of fused-ring (bicyclic) bond motifs is 1. The lowest BCUT2D eigenvalue weighted by molar-refractivity contribution is -0.134. The number of hydrogen-bond acceptors (Lipinski definition) is 5. The van der Waals surface area contributed by atoms with Crippen LogP contribution < -0.4 is 14.4 Å². The maximum Gasteiger partial charge on any atom is 0.254 e. The molecule has 2 atom stereocenters. The van der Waals surface area contributed by atoms with Gasteiger partial charge in [0.25, 0.3) is 5.91 Å². The molecule has 0 saturated carbocycles. The highest BCUT2D eigenvalue weighted by molar-refractivity contribution is 6.01. The van der Waals surface area contributed by atoms with E-state index < -0.39 is 12.0 Å². The van der Waals surface area contributed by atoms with Crippen molar-refractivity contribution in [2.45, 2.75) is 12.0 Å². The van der Waals surface area contributed by atoms with Crippen LogP contribution in [0.25, 0.3) is 0 Å². The Labute approximate surface area is 211 Å². The fourth-order valence-corrected chi connectivity index (χ4v) is 5.41. The van der Waals surface area contributed by atoms with Crippen molar-refractivity contribution >= 4 is 17.5 Å². The van der Waals surface area contributed by atoms with Crippen molar-refractivity contribution in [1.29, 1.82) is 0 Å². The van der Waals surface area contributed by atoms with Crippen LogP contribution in [0.1, 0.15) is 33.4 Å². The highest BCUT2D eigenvalue weighted by Crippen LogP contribution is 2.43. The summed E-state index contributed by atoms with van der Waals surface area (Å²) >= 11 is 0. The average molecular weight is 486 g/mol. The number of likely N-dealkylation sites (N-methyl/N-ethyl adjacent to an activating group) is 1. The molecule has 5 rings (SSSR count). The van der Waals surface area contributed by atoms with Gasteiger partial charge in [0, 0.05) is 38.8 Å². The van der Waals surface area contributed by atoms with Crippen molar-refractivity contribution in [3.63, 3.8) is 0 Å². The van der Waals surface area contributed by atoms with Crippen LogP contribution in [0, 0.1) is 0 Å². The van der Waals surface area contributed by atoms with Gasteiger partial charge >= 0.3 is 0 Å². The topological polar surface area (TPSA) is 62.3 Å². The van der Waals surface area contributed by atoms with E-state index in [1.54, 1.807) is 26.2 Å². The fourth-order valence-electron chi connectivity index (χ4n) is 5.41. The van der Waals surface area contributed by atoms with Crippen LogP contribution in [-0.2, 0) is 4.79 Å². The molecule has 2 aliphatic heterocycles. The maximum atomic E-state index is 14.2. The number of benzene rings is 3. The van der Waals surface area contributed by atoms with Crippen molar-refractivity contribution in [2.24, 2.45) is 0 Å². The van der Waals surface area contributed by atoms with E-state index in [0.29, 0.717) is 31.7 Å². The highest BCUT2D eigenvalue weighted by Gasteiger charge is 2.44. The van der Waals surface area contributed by atoms with Gasteiger partial charge in [-0.1, -0.05) is 42.5 Å². The molecular formula is C29H31N3O4. The summed E-state index contributed by atoms with van der Waals surface area (Å²) in [6.07, 6.45) is 0. The number of nitrogens with zero attached hydrogens (tertiary/aromatic N) is 3. The zero-order valence-corrected chi connectivity index (χ0v) is 20.9. The first-order chi connectivity index (χ1) is 17.5. The van der Waals surface area contributed by atoms with E-state index in [2.05, 4.69) is 4.90 Å². The summed E-state index contributed by atoms with van der Waals surface area (Å²) in [6.45, 7) is 2.62. The fraction of sp³-hybridized carbons (Fsp3) is 0.310. The van der Waals surface area contributed by atoms with Gasteiger partial charge < -0.3 is 24.2 Å². The minimum Gasteiger partial charge on any atom is -0.497 e. The van der Waals surface area contributed by atoms with E-state index in [9.17, 15) is 9.59 Å². The number of hydrogen-bond donors (Lipinski definition) is 0. The molecule has 7 heteroatoms. The molecule has 3 aromatic rings. The molecule has 2 heterocycles. The van der Waals surface area contributed by atoms with Crippen LogP contribution in [0.4, 0.5) is 5.69 Å². The number of rotatable bonds is 5. The zero-order valence-electron chi connectivity index (χ0n) is 20.9. The molecule has 36 heavy (non-hydrogen) atoms. The molecule has 0 spiro atoms. The molecule has 0 radical (unpaired) electrons. The second-order valence-corrected chi connectivity index (χ2v) is 9.18. The van der Waals surface area contributed by atoms with Crippen LogP contribution in [0.2, 0.25) is 0 Å². The molecule has 2 unspecified atom stereocenters. The minimum absolute atomic E-state index is 0.0438. The van der Waals surface area contributed by atoms with Crippen LogP contribution in [0.5, 0.6) is 11.5 Å². The number of carbonyl (C=O) groups excluding carboxylic acids is 2. The number of para-hydroxylation sites is 2. The smallest absolute Gasteiger partial charge is 0.254 e. The third kappa shape index (κ3) is 4.15. The monoisotopic (exact) mass is 485 g/mol. The van der Waals surface area contributed by atoms with Crippen LogP contribution in [0.15, 0.2) is 72.8 Å². The number of carbonyl (C=O) groups is 2. The zero-order chi connectivity index (χ0) is 25.2. The lowest BCUT2D eigenvalue weighted by Crippen LogP contribution is -2.53. The molecule has 3 aromatic carbocycles. The number of methoxy groups -OCH3 is 2. The van der Waals surface area contributed by atoms with Gasteiger partial charge in [0.15, 0.2) is 0 Å². The second-order valence-electron chi connectivity index (χ2n) is 9.18. The van der Waals surface area contributed by atoms with Gasteiger partial charge in [0.1, 0.15) is 11.5 Å². The number of ether oxygens (including phenoxy) is 2. The predicted octanol–water partition coefficient (Wildman–Crippen LogP) is 3.96. The van der Waals surface area contributed by atoms with Gasteiger partial charge in [-0.25, -0.2) is 0 Å². The third-order valence-corrected chi connectivity index (χ3v) is 7.32. The molecule has 1 fully saturated rings. The van der Waals surface area contributed by atoms with Gasteiger partial charge in [-0.05, 0) is 41.5 Å². The Bertz CT molecular complexity index is 1250. The summed E-state index contributed by atoms with van der Waals surface area (Å²) in [5.74, 6) is 1.05. The van der Waals surface area contributed by atoms with Gasteiger partial charge in [-0.3, -0.25) is 9.59 Å². The van der Waals surface area contributed by atoms with Gasteiger partial charge in [-0.2, -0.15) is 0 Å². The maximum absolute atomic E-state index is 14.2.